The van der Waals surface area contributed by atoms with Crippen molar-refractivity contribution < 1.29 is 4.52 Å². The van der Waals surface area contributed by atoms with E-state index in [4.69, 9.17) is 10.3 Å². The molecule has 1 saturated carbocycles. The molecule has 5 nitrogen and oxygen atoms in total. The molecule has 0 unspecified atom stereocenters. The third-order valence-electron chi connectivity index (χ3n) is 1.83. The van der Waals surface area contributed by atoms with E-state index in [1.165, 1.54) is 12.8 Å². The molecule has 1 aromatic heterocycles. The summed E-state index contributed by atoms with van der Waals surface area (Å²) in [4.78, 5) is 3.89. The molecule has 0 radical (unpaired) electrons. The van der Waals surface area contributed by atoms with Gasteiger partial charge in [-0.1, -0.05) is 0 Å². The molecule has 0 aromatic carbocycles. The molecule has 1 aliphatic carbocycles. The fourth-order valence-corrected chi connectivity index (χ4v) is 1.04. The van der Waals surface area contributed by atoms with Crippen molar-refractivity contribution in [3.05, 3.63) is 5.89 Å². The van der Waals surface area contributed by atoms with E-state index in [1.807, 2.05) is 0 Å². The third-order valence-corrected chi connectivity index (χ3v) is 1.83. The molecular weight excluding hydrogens is 156 g/mol. The summed E-state index contributed by atoms with van der Waals surface area (Å²) in [6, 6.07) is 0.727. The fraction of sp³-hybridized carbons (Fsp3) is 0.714. The molecule has 0 saturated heterocycles. The predicted octanol–water partition coefficient (Wildman–Crippen LogP) is -0.0537. The lowest BCUT2D eigenvalue weighted by Crippen LogP contribution is -2.19. The van der Waals surface area contributed by atoms with Crippen molar-refractivity contribution >= 4 is 5.95 Å². The van der Waals surface area contributed by atoms with Crippen LogP contribution in [-0.4, -0.2) is 22.7 Å². The summed E-state index contributed by atoms with van der Waals surface area (Å²) in [5.74, 6) is 0.831. The minimum Gasteiger partial charge on any atom is -0.365 e. The largest absolute Gasteiger partial charge is 0.365 e. The van der Waals surface area contributed by atoms with Gasteiger partial charge in [-0.05, 0) is 18.0 Å². The minimum absolute atomic E-state index is 0.219. The number of nitrogen functional groups attached to an aromatic ring is 1. The zero-order valence-corrected chi connectivity index (χ0v) is 6.79. The van der Waals surface area contributed by atoms with E-state index in [-0.39, 0.29) is 5.95 Å². The highest BCUT2D eigenvalue weighted by molar-refractivity contribution is 5.10. The first-order chi connectivity index (χ1) is 5.84. The molecular formula is C7H12N4O. The first kappa shape index (κ1) is 7.54. The second-order valence-electron chi connectivity index (χ2n) is 3.02. The molecule has 0 atom stereocenters. The number of aromatic nitrogens is 2. The van der Waals surface area contributed by atoms with Gasteiger partial charge in [0.1, 0.15) is 0 Å². The Morgan fingerprint density at radius 3 is 3.00 bits per heavy atom. The van der Waals surface area contributed by atoms with Gasteiger partial charge in [0.05, 0.1) is 0 Å². The molecule has 1 fully saturated rings. The fourth-order valence-electron chi connectivity index (χ4n) is 1.04. The summed E-state index contributed by atoms with van der Waals surface area (Å²) in [5, 5.41) is 6.84. The Bertz CT molecular complexity index is 256. The van der Waals surface area contributed by atoms with Crippen LogP contribution in [0, 0.1) is 0 Å². The molecule has 1 heterocycles. The Labute approximate surface area is 70.3 Å². The van der Waals surface area contributed by atoms with Gasteiger partial charge in [-0.2, -0.15) is 4.98 Å². The van der Waals surface area contributed by atoms with Crippen LogP contribution < -0.4 is 11.1 Å². The average Bonchev–Trinajstić information content (AvgIpc) is 2.76. The Morgan fingerprint density at radius 2 is 2.42 bits per heavy atom. The Balaban J connectivity index is 1.71. The summed E-state index contributed by atoms with van der Waals surface area (Å²) in [7, 11) is 0. The Kier molecular flexibility index (Phi) is 1.95. The lowest BCUT2D eigenvalue weighted by Gasteiger charge is -1.96. The van der Waals surface area contributed by atoms with Crippen molar-refractivity contribution in [3.63, 3.8) is 0 Å². The highest BCUT2D eigenvalue weighted by Crippen LogP contribution is 2.18. The topological polar surface area (TPSA) is 77.0 Å². The number of hydrogen-bond donors (Lipinski definition) is 2. The van der Waals surface area contributed by atoms with Crippen LogP contribution in [0.2, 0.25) is 0 Å². The van der Waals surface area contributed by atoms with Crippen molar-refractivity contribution in [1.82, 2.24) is 15.5 Å². The summed E-state index contributed by atoms with van der Waals surface area (Å²) in [5.41, 5.74) is 5.29. The maximum absolute atomic E-state index is 5.29. The molecule has 0 aliphatic heterocycles. The number of nitrogens with one attached hydrogen (secondary N) is 1. The van der Waals surface area contributed by atoms with Crippen molar-refractivity contribution in [2.24, 2.45) is 0 Å². The van der Waals surface area contributed by atoms with Crippen LogP contribution >= 0.6 is 0 Å². The van der Waals surface area contributed by atoms with Crippen molar-refractivity contribution in [3.8, 4) is 0 Å². The maximum Gasteiger partial charge on any atom is 0.260 e. The van der Waals surface area contributed by atoms with E-state index in [9.17, 15) is 0 Å². The highest BCUT2D eigenvalue weighted by Gasteiger charge is 2.19. The Hall–Kier alpha value is -1.10. The zero-order valence-electron chi connectivity index (χ0n) is 6.79. The number of nitrogens with zero attached hydrogens (tertiary/aromatic N) is 2. The molecule has 0 spiro atoms. The maximum atomic E-state index is 5.29. The summed E-state index contributed by atoms with van der Waals surface area (Å²) < 4.78 is 4.84. The van der Waals surface area contributed by atoms with Crippen LogP contribution in [0.25, 0.3) is 0 Å². The molecule has 1 aliphatic rings. The zero-order chi connectivity index (χ0) is 8.39. The second-order valence-corrected chi connectivity index (χ2v) is 3.02. The van der Waals surface area contributed by atoms with Gasteiger partial charge < -0.3 is 15.6 Å². The highest BCUT2D eigenvalue weighted by atomic mass is 16.5. The van der Waals surface area contributed by atoms with Crippen LogP contribution in [0.1, 0.15) is 18.7 Å². The first-order valence-electron chi connectivity index (χ1n) is 4.16. The van der Waals surface area contributed by atoms with E-state index in [0.29, 0.717) is 5.89 Å². The molecule has 12 heavy (non-hydrogen) atoms. The Morgan fingerprint density at radius 1 is 1.58 bits per heavy atom. The smallest absolute Gasteiger partial charge is 0.260 e. The van der Waals surface area contributed by atoms with Crippen molar-refractivity contribution in [1.29, 1.82) is 0 Å². The van der Waals surface area contributed by atoms with E-state index in [2.05, 4.69) is 15.5 Å². The van der Waals surface area contributed by atoms with Gasteiger partial charge in [-0.25, -0.2) is 0 Å². The van der Waals surface area contributed by atoms with Gasteiger partial charge in [0, 0.05) is 19.0 Å². The van der Waals surface area contributed by atoms with Gasteiger partial charge in [0.25, 0.3) is 5.95 Å². The van der Waals surface area contributed by atoms with E-state index in [0.717, 1.165) is 19.0 Å². The van der Waals surface area contributed by atoms with Gasteiger partial charge in [-0.15, -0.1) is 0 Å². The molecule has 2 rings (SSSR count). The van der Waals surface area contributed by atoms with Crippen LogP contribution in [0.5, 0.6) is 0 Å². The molecule has 5 heteroatoms. The van der Waals surface area contributed by atoms with Gasteiger partial charge in [-0.3, -0.25) is 0 Å². The van der Waals surface area contributed by atoms with Crippen LogP contribution in [0.15, 0.2) is 4.52 Å². The van der Waals surface area contributed by atoms with Gasteiger partial charge in [0.15, 0.2) is 0 Å². The lowest BCUT2D eigenvalue weighted by molar-refractivity contribution is 0.376. The second kappa shape index (κ2) is 3.10. The molecule has 3 N–H and O–H groups in total. The number of hydrogen-bond acceptors (Lipinski definition) is 5. The normalized spacial score (nSPS) is 16.7. The SMILES string of the molecule is Nc1noc(CCNC2CC2)n1. The molecule has 66 valence electrons. The molecule has 0 amide bonds. The molecule has 0 bridgehead atoms. The van der Waals surface area contributed by atoms with Gasteiger partial charge >= 0.3 is 0 Å². The van der Waals surface area contributed by atoms with Crippen LogP contribution in [-0.2, 0) is 6.42 Å². The monoisotopic (exact) mass is 168 g/mol. The number of rotatable bonds is 4. The third kappa shape index (κ3) is 1.94. The van der Waals surface area contributed by atoms with E-state index < -0.39 is 0 Å². The summed E-state index contributed by atoms with van der Waals surface area (Å²) in [6.45, 7) is 0.895. The number of nitrogens with two attached hydrogens (primary N) is 1. The van der Waals surface area contributed by atoms with Crippen molar-refractivity contribution in [2.75, 3.05) is 12.3 Å². The van der Waals surface area contributed by atoms with Crippen LogP contribution in [0.4, 0.5) is 5.95 Å². The minimum atomic E-state index is 0.219. The first-order valence-corrected chi connectivity index (χ1v) is 4.16. The summed E-state index contributed by atoms with van der Waals surface area (Å²) >= 11 is 0. The quantitative estimate of drug-likeness (QED) is 0.659. The number of anilines is 1. The van der Waals surface area contributed by atoms with E-state index in [1.54, 1.807) is 0 Å². The molecule has 1 aromatic rings. The van der Waals surface area contributed by atoms with Gasteiger partial charge in [0.2, 0.25) is 5.89 Å². The standard InChI is InChI=1S/C7H12N4O/c8-7-10-6(12-11-7)3-4-9-5-1-2-5/h5,9H,1-4H2,(H2,8,11). The lowest BCUT2D eigenvalue weighted by atomic mass is 10.4. The summed E-state index contributed by atoms with van der Waals surface area (Å²) in [6.07, 6.45) is 3.36. The van der Waals surface area contributed by atoms with E-state index >= 15 is 0 Å². The average molecular weight is 168 g/mol. The predicted molar refractivity (Wildman–Crippen MR) is 43.4 cm³/mol. The van der Waals surface area contributed by atoms with Crippen molar-refractivity contribution in [2.45, 2.75) is 25.3 Å². The van der Waals surface area contributed by atoms with Crippen LogP contribution in [0.3, 0.4) is 0 Å².